The number of rotatable bonds is 7. The van der Waals surface area contributed by atoms with E-state index in [4.69, 9.17) is 0 Å². The molecule has 0 atom stereocenters. The van der Waals surface area contributed by atoms with Crippen molar-refractivity contribution >= 4 is 11.9 Å². The monoisotopic (exact) mass is 302 g/mol. The van der Waals surface area contributed by atoms with E-state index in [0.29, 0.717) is 13.1 Å². The van der Waals surface area contributed by atoms with Crippen molar-refractivity contribution in [2.75, 3.05) is 26.7 Å². The topological polar surface area (TPSA) is 56.7 Å². The molecule has 0 unspecified atom stereocenters. The van der Waals surface area contributed by atoms with Gasteiger partial charge in [-0.1, -0.05) is 30.3 Å². The summed E-state index contributed by atoms with van der Waals surface area (Å²) in [6, 6.07) is 10.3. The summed E-state index contributed by atoms with van der Waals surface area (Å²) in [6.45, 7) is 4.89. The third-order valence-corrected chi connectivity index (χ3v) is 3.58. The highest BCUT2D eigenvalue weighted by molar-refractivity contribution is 5.81. The second-order valence-corrected chi connectivity index (χ2v) is 5.64. The first-order chi connectivity index (χ1) is 10.7. The Morgan fingerprint density at radius 2 is 2.00 bits per heavy atom. The van der Waals surface area contributed by atoms with Gasteiger partial charge in [-0.2, -0.15) is 0 Å². The lowest BCUT2D eigenvalue weighted by Crippen LogP contribution is -2.39. The van der Waals surface area contributed by atoms with Crippen LogP contribution in [0.5, 0.6) is 0 Å². The molecule has 1 aliphatic rings. The van der Waals surface area contributed by atoms with Crippen LogP contribution in [-0.2, 0) is 11.3 Å². The van der Waals surface area contributed by atoms with Crippen LogP contribution in [-0.4, -0.2) is 43.4 Å². The van der Waals surface area contributed by atoms with Gasteiger partial charge in [0, 0.05) is 32.6 Å². The Morgan fingerprint density at radius 1 is 1.27 bits per heavy atom. The third kappa shape index (κ3) is 5.39. The molecule has 2 rings (SSSR count). The smallest absolute Gasteiger partial charge is 0.223 e. The number of amides is 1. The van der Waals surface area contributed by atoms with E-state index >= 15 is 0 Å². The van der Waals surface area contributed by atoms with E-state index in [-0.39, 0.29) is 11.8 Å². The molecule has 5 heteroatoms. The zero-order chi connectivity index (χ0) is 15.8. The van der Waals surface area contributed by atoms with Crippen LogP contribution < -0.4 is 10.6 Å². The quantitative estimate of drug-likeness (QED) is 0.457. The van der Waals surface area contributed by atoms with E-state index in [2.05, 4.69) is 39.6 Å². The largest absolute Gasteiger partial charge is 0.357 e. The fourth-order valence-corrected chi connectivity index (χ4v) is 2.23. The van der Waals surface area contributed by atoms with Gasteiger partial charge in [0.15, 0.2) is 5.96 Å². The maximum atomic E-state index is 11.6. The van der Waals surface area contributed by atoms with Crippen molar-refractivity contribution < 1.29 is 4.79 Å². The van der Waals surface area contributed by atoms with Gasteiger partial charge in [-0.15, -0.1) is 0 Å². The second-order valence-electron chi connectivity index (χ2n) is 5.64. The fraction of sp³-hybridized carbons (Fsp3) is 0.529. The van der Waals surface area contributed by atoms with Crippen LogP contribution >= 0.6 is 0 Å². The minimum absolute atomic E-state index is 0.179. The molecule has 0 saturated heterocycles. The van der Waals surface area contributed by atoms with Crippen molar-refractivity contribution in [2.24, 2.45) is 10.9 Å². The molecule has 0 spiro atoms. The van der Waals surface area contributed by atoms with Crippen LogP contribution in [0.15, 0.2) is 35.3 Å². The SMILES string of the molecule is CCNC(=NCCNC(=O)C1CC1)N(C)Cc1ccccc1. The predicted octanol–water partition coefficient (Wildman–Crippen LogP) is 1.61. The molecule has 1 aliphatic carbocycles. The van der Waals surface area contributed by atoms with Gasteiger partial charge in [-0.05, 0) is 25.3 Å². The van der Waals surface area contributed by atoms with E-state index < -0.39 is 0 Å². The van der Waals surface area contributed by atoms with E-state index in [9.17, 15) is 4.79 Å². The minimum atomic E-state index is 0.179. The molecular weight excluding hydrogens is 276 g/mol. The van der Waals surface area contributed by atoms with Crippen LogP contribution in [0, 0.1) is 5.92 Å². The van der Waals surface area contributed by atoms with E-state index in [0.717, 1.165) is 31.9 Å². The number of guanidine groups is 1. The van der Waals surface area contributed by atoms with Crippen molar-refractivity contribution in [1.29, 1.82) is 0 Å². The summed E-state index contributed by atoms with van der Waals surface area (Å²) in [5, 5.41) is 6.23. The molecule has 5 nitrogen and oxygen atoms in total. The Morgan fingerprint density at radius 3 is 2.64 bits per heavy atom. The van der Waals surface area contributed by atoms with Crippen molar-refractivity contribution in [3.63, 3.8) is 0 Å². The van der Waals surface area contributed by atoms with Crippen LogP contribution in [0.2, 0.25) is 0 Å². The molecule has 1 saturated carbocycles. The number of hydrogen-bond acceptors (Lipinski definition) is 2. The average Bonchev–Trinajstić information content (AvgIpc) is 3.36. The minimum Gasteiger partial charge on any atom is -0.357 e. The number of benzene rings is 1. The van der Waals surface area contributed by atoms with E-state index in [1.165, 1.54) is 5.56 Å². The Labute approximate surface area is 132 Å². The Kier molecular flexibility index (Phi) is 6.25. The Bertz CT molecular complexity index is 497. The molecule has 1 aromatic carbocycles. The number of nitrogens with zero attached hydrogens (tertiary/aromatic N) is 2. The van der Waals surface area contributed by atoms with Gasteiger partial charge in [0.1, 0.15) is 0 Å². The van der Waals surface area contributed by atoms with Crippen LogP contribution in [0.4, 0.5) is 0 Å². The Balaban J connectivity index is 1.81. The molecular formula is C17H26N4O. The molecule has 1 amide bonds. The van der Waals surface area contributed by atoms with E-state index in [1.54, 1.807) is 0 Å². The standard InChI is InChI=1S/C17H26N4O/c1-3-18-17(20-12-11-19-16(22)15-9-10-15)21(2)13-14-7-5-4-6-8-14/h4-8,15H,3,9-13H2,1-2H3,(H,18,20)(H,19,22). The summed E-state index contributed by atoms with van der Waals surface area (Å²) in [4.78, 5) is 18.2. The number of hydrogen-bond donors (Lipinski definition) is 2. The summed E-state index contributed by atoms with van der Waals surface area (Å²) in [5.41, 5.74) is 1.25. The van der Waals surface area contributed by atoms with Crippen molar-refractivity contribution in [3.8, 4) is 0 Å². The lowest BCUT2D eigenvalue weighted by Gasteiger charge is -2.22. The molecule has 2 N–H and O–H groups in total. The average molecular weight is 302 g/mol. The molecule has 1 fully saturated rings. The summed E-state index contributed by atoms with van der Waals surface area (Å²) >= 11 is 0. The molecule has 0 heterocycles. The lowest BCUT2D eigenvalue weighted by atomic mass is 10.2. The molecule has 0 aromatic heterocycles. The first-order valence-corrected chi connectivity index (χ1v) is 8.01. The third-order valence-electron chi connectivity index (χ3n) is 3.58. The van der Waals surface area contributed by atoms with Gasteiger partial charge in [0.25, 0.3) is 0 Å². The highest BCUT2D eigenvalue weighted by atomic mass is 16.2. The summed E-state index contributed by atoms with van der Waals surface area (Å²) in [5.74, 6) is 1.31. The zero-order valence-corrected chi connectivity index (χ0v) is 13.5. The summed E-state index contributed by atoms with van der Waals surface area (Å²) in [6.07, 6.45) is 2.08. The molecule has 0 radical (unpaired) electrons. The number of carbonyl (C=O) groups excluding carboxylic acids is 1. The van der Waals surface area contributed by atoms with Crippen molar-refractivity contribution in [2.45, 2.75) is 26.3 Å². The van der Waals surface area contributed by atoms with Crippen molar-refractivity contribution in [1.82, 2.24) is 15.5 Å². The maximum Gasteiger partial charge on any atom is 0.223 e. The predicted molar refractivity (Wildman–Crippen MR) is 89.6 cm³/mol. The molecule has 0 bridgehead atoms. The van der Waals surface area contributed by atoms with Crippen LogP contribution in [0.3, 0.4) is 0 Å². The first kappa shape index (κ1) is 16.3. The van der Waals surface area contributed by atoms with Crippen LogP contribution in [0.25, 0.3) is 0 Å². The van der Waals surface area contributed by atoms with Gasteiger partial charge in [-0.3, -0.25) is 9.79 Å². The highest BCUT2D eigenvalue weighted by Gasteiger charge is 2.28. The fourth-order valence-electron chi connectivity index (χ4n) is 2.23. The van der Waals surface area contributed by atoms with Gasteiger partial charge >= 0.3 is 0 Å². The number of nitrogens with one attached hydrogen (secondary N) is 2. The molecule has 22 heavy (non-hydrogen) atoms. The number of carbonyl (C=O) groups is 1. The van der Waals surface area contributed by atoms with Crippen LogP contribution in [0.1, 0.15) is 25.3 Å². The Hall–Kier alpha value is -2.04. The molecule has 120 valence electrons. The second kappa shape index (κ2) is 8.41. The summed E-state index contributed by atoms with van der Waals surface area (Å²) in [7, 11) is 2.03. The summed E-state index contributed by atoms with van der Waals surface area (Å²) < 4.78 is 0. The maximum absolute atomic E-state index is 11.6. The van der Waals surface area contributed by atoms with Crippen molar-refractivity contribution in [3.05, 3.63) is 35.9 Å². The molecule has 1 aromatic rings. The normalized spacial score (nSPS) is 14.5. The highest BCUT2D eigenvalue weighted by Crippen LogP contribution is 2.28. The molecule has 0 aliphatic heterocycles. The van der Waals surface area contributed by atoms with Gasteiger partial charge < -0.3 is 15.5 Å². The zero-order valence-electron chi connectivity index (χ0n) is 13.5. The first-order valence-electron chi connectivity index (χ1n) is 8.01. The van der Waals surface area contributed by atoms with Gasteiger partial charge in [0.05, 0.1) is 6.54 Å². The van der Waals surface area contributed by atoms with Gasteiger partial charge in [-0.25, -0.2) is 0 Å². The van der Waals surface area contributed by atoms with Gasteiger partial charge in [0.2, 0.25) is 5.91 Å². The number of aliphatic imine (C=N–C) groups is 1. The van der Waals surface area contributed by atoms with E-state index in [1.807, 2.05) is 25.2 Å². The lowest BCUT2D eigenvalue weighted by molar-refractivity contribution is -0.122.